The third-order valence-corrected chi connectivity index (χ3v) is 4.09. The Kier molecular flexibility index (Phi) is 5.49. The monoisotopic (exact) mass is 369 g/mol. The number of nitrogens with one attached hydrogen (secondary N) is 2. The molecule has 2 heterocycles. The fourth-order valence-corrected chi connectivity index (χ4v) is 2.77. The fraction of sp³-hybridized carbons (Fsp3) is 0.118. The van der Waals surface area contributed by atoms with E-state index in [9.17, 15) is 9.59 Å². The number of carbonyl (C=O) groups excluding carboxylic acids is 2. The van der Waals surface area contributed by atoms with Crippen LogP contribution in [0, 0.1) is 0 Å². The van der Waals surface area contributed by atoms with Crippen molar-refractivity contribution in [2.45, 2.75) is 6.42 Å². The zero-order valence-electron chi connectivity index (χ0n) is 13.8. The summed E-state index contributed by atoms with van der Waals surface area (Å²) in [5, 5.41) is 7.54. The summed E-state index contributed by atoms with van der Waals surface area (Å²) in [6.45, 7) is 0. The smallest absolute Gasteiger partial charge is 0.277 e. The van der Waals surface area contributed by atoms with Crippen molar-refractivity contribution in [3.8, 4) is 5.75 Å². The van der Waals surface area contributed by atoms with E-state index in [0.29, 0.717) is 22.3 Å². The van der Waals surface area contributed by atoms with Crippen LogP contribution in [-0.2, 0) is 11.2 Å². The van der Waals surface area contributed by atoms with Crippen molar-refractivity contribution in [3.05, 3.63) is 59.6 Å². The number of aromatic nitrogens is 3. The summed E-state index contributed by atoms with van der Waals surface area (Å²) in [4.78, 5) is 36.1. The molecule has 2 aromatic heterocycles. The normalized spacial score (nSPS) is 10.2. The standard InChI is InChI=1S/C17H15N5O3S/c1-25-13-4-2-11(3-5-13)20-15(23)8-12-10-26-17(21-12)22-16(24)14-9-18-6-7-19-14/h2-7,9-10H,8H2,1H3,(H,20,23)(H,21,22,24). The first-order chi connectivity index (χ1) is 12.6. The van der Waals surface area contributed by atoms with E-state index in [1.807, 2.05) is 0 Å². The Balaban J connectivity index is 1.55. The summed E-state index contributed by atoms with van der Waals surface area (Å²) < 4.78 is 5.07. The largest absolute Gasteiger partial charge is 0.497 e. The van der Waals surface area contributed by atoms with E-state index in [4.69, 9.17) is 4.74 Å². The van der Waals surface area contributed by atoms with Gasteiger partial charge in [-0.2, -0.15) is 0 Å². The molecular formula is C17H15N5O3S. The molecule has 0 atom stereocenters. The Bertz CT molecular complexity index is 896. The first-order valence-electron chi connectivity index (χ1n) is 7.60. The van der Waals surface area contributed by atoms with E-state index in [1.54, 1.807) is 36.8 Å². The van der Waals surface area contributed by atoms with Crippen molar-refractivity contribution in [1.29, 1.82) is 0 Å². The van der Waals surface area contributed by atoms with Gasteiger partial charge in [0.2, 0.25) is 5.91 Å². The minimum atomic E-state index is -0.401. The number of ether oxygens (including phenoxy) is 1. The molecule has 0 aliphatic carbocycles. The van der Waals surface area contributed by atoms with Crippen LogP contribution in [0.4, 0.5) is 10.8 Å². The van der Waals surface area contributed by atoms with Gasteiger partial charge in [-0.1, -0.05) is 0 Å². The molecule has 0 saturated heterocycles. The van der Waals surface area contributed by atoms with Crippen molar-refractivity contribution < 1.29 is 14.3 Å². The van der Waals surface area contributed by atoms with E-state index in [0.717, 1.165) is 0 Å². The molecule has 1 aromatic carbocycles. The van der Waals surface area contributed by atoms with Crippen molar-refractivity contribution in [3.63, 3.8) is 0 Å². The van der Waals surface area contributed by atoms with E-state index >= 15 is 0 Å². The maximum absolute atomic E-state index is 12.1. The SMILES string of the molecule is COc1ccc(NC(=O)Cc2csc(NC(=O)c3cnccn3)n2)cc1. The maximum Gasteiger partial charge on any atom is 0.277 e. The van der Waals surface area contributed by atoms with Gasteiger partial charge in [0.15, 0.2) is 5.13 Å². The number of methoxy groups -OCH3 is 1. The molecule has 0 aliphatic heterocycles. The number of hydrogen-bond acceptors (Lipinski definition) is 7. The molecule has 0 saturated carbocycles. The zero-order chi connectivity index (χ0) is 18.4. The molecule has 0 radical (unpaired) electrons. The summed E-state index contributed by atoms with van der Waals surface area (Å²) in [5.41, 5.74) is 1.43. The highest BCUT2D eigenvalue weighted by atomic mass is 32.1. The summed E-state index contributed by atoms with van der Waals surface area (Å²) >= 11 is 1.24. The predicted molar refractivity (Wildman–Crippen MR) is 97.4 cm³/mol. The van der Waals surface area contributed by atoms with E-state index in [-0.39, 0.29) is 18.0 Å². The molecule has 2 amide bonds. The summed E-state index contributed by atoms with van der Waals surface area (Å²) in [7, 11) is 1.58. The Labute approximate surface area is 153 Å². The van der Waals surface area contributed by atoms with E-state index < -0.39 is 5.91 Å². The zero-order valence-corrected chi connectivity index (χ0v) is 14.6. The third-order valence-electron chi connectivity index (χ3n) is 3.28. The van der Waals surface area contributed by atoms with Crippen LogP contribution in [-0.4, -0.2) is 33.9 Å². The number of carbonyl (C=O) groups is 2. The van der Waals surface area contributed by atoms with Gasteiger partial charge in [0.25, 0.3) is 5.91 Å². The Hall–Kier alpha value is -3.33. The molecule has 0 bridgehead atoms. The molecule has 0 unspecified atom stereocenters. The van der Waals surface area contributed by atoms with Crippen molar-refractivity contribution in [2.75, 3.05) is 17.7 Å². The van der Waals surface area contributed by atoms with Gasteiger partial charge in [-0.25, -0.2) is 9.97 Å². The molecule has 132 valence electrons. The molecule has 0 fully saturated rings. The van der Waals surface area contributed by atoms with Crippen LogP contribution >= 0.6 is 11.3 Å². The van der Waals surface area contributed by atoms with Gasteiger partial charge < -0.3 is 10.1 Å². The lowest BCUT2D eigenvalue weighted by atomic mass is 10.2. The number of hydrogen-bond donors (Lipinski definition) is 2. The van der Waals surface area contributed by atoms with Gasteiger partial charge in [-0.15, -0.1) is 11.3 Å². The van der Waals surface area contributed by atoms with Crippen molar-refractivity contribution in [1.82, 2.24) is 15.0 Å². The summed E-state index contributed by atoms with van der Waals surface area (Å²) in [6.07, 6.45) is 4.39. The van der Waals surface area contributed by atoms with Gasteiger partial charge >= 0.3 is 0 Å². The third kappa shape index (κ3) is 4.61. The Morgan fingerprint density at radius 2 is 1.96 bits per heavy atom. The van der Waals surface area contributed by atoms with E-state index in [2.05, 4.69) is 25.6 Å². The summed E-state index contributed by atoms with van der Waals surface area (Å²) in [6, 6.07) is 7.03. The lowest BCUT2D eigenvalue weighted by Gasteiger charge is -2.05. The minimum absolute atomic E-state index is 0.101. The topological polar surface area (TPSA) is 106 Å². The Morgan fingerprint density at radius 1 is 1.15 bits per heavy atom. The van der Waals surface area contributed by atoms with Gasteiger partial charge in [-0.3, -0.25) is 19.9 Å². The second-order valence-electron chi connectivity index (χ2n) is 5.14. The fourth-order valence-electron chi connectivity index (χ4n) is 2.07. The molecule has 2 N–H and O–H groups in total. The average Bonchev–Trinajstić information content (AvgIpc) is 3.09. The molecule has 9 heteroatoms. The first-order valence-corrected chi connectivity index (χ1v) is 8.47. The van der Waals surface area contributed by atoms with Crippen molar-refractivity contribution >= 4 is 34.0 Å². The first kappa shape index (κ1) is 17.5. The van der Waals surface area contributed by atoms with Gasteiger partial charge in [-0.05, 0) is 24.3 Å². The maximum atomic E-state index is 12.1. The molecule has 8 nitrogen and oxygen atoms in total. The highest BCUT2D eigenvalue weighted by Crippen LogP contribution is 2.18. The molecule has 26 heavy (non-hydrogen) atoms. The van der Waals surface area contributed by atoms with Gasteiger partial charge in [0.05, 0.1) is 25.4 Å². The van der Waals surface area contributed by atoms with Crippen molar-refractivity contribution in [2.24, 2.45) is 0 Å². The second kappa shape index (κ2) is 8.17. The number of nitrogens with zero attached hydrogens (tertiary/aromatic N) is 3. The van der Waals surface area contributed by atoms with Crippen LogP contribution in [0.5, 0.6) is 5.75 Å². The number of thiazole rings is 1. The quantitative estimate of drug-likeness (QED) is 0.691. The van der Waals surface area contributed by atoms with Crippen LogP contribution in [0.15, 0.2) is 48.2 Å². The molecule has 0 spiro atoms. The number of anilines is 2. The Morgan fingerprint density at radius 3 is 2.65 bits per heavy atom. The minimum Gasteiger partial charge on any atom is -0.497 e. The van der Waals surface area contributed by atoms with Crippen LogP contribution < -0.4 is 15.4 Å². The van der Waals surface area contributed by atoms with E-state index in [1.165, 1.54) is 29.9 Å². The average molecular weight is 369 g/mol. The lowest BCUT2D eigenvalue weighted by molar-refractivity contribution is -0.115. The molecule has 0 aliphatic rings. The molecule has 3 aromatic rings. The van der Waals surface area contributed by atoms with Gasteiger partial charge in [0, 0.05) is 23.5 Å². The van der Waals surface area contributed by atoms with Crippen LogP contribution in [0.3, 0.4) is 0 Å². The second-order valence-corrected chi connectivity index (χ2v) is 6.00. The lowest BCUT2D eigenvalue weighted by Crippen LogP contribution is -2.15. The van der Waals surface area contributed by atoms with Crippen LogP contribution in [0.2, 0.25) is 0 Å². The van der Waals surface area contributed by atoms with Crippen LogP contribution in [0.1, 0.15) is 16.2 Å². The number of benzene rings is 1. The number of rotatable bonds is 6. The molecule has 3 rings (SSSR count). The highest BCUT2D eigenvalue weighted by Gasteiger charge is 2.12. The summed E-state index contributed by atoms with van der Waals surface area (Å²) in [5.74, 6) is 0.111. The molecular weight excluding hydrogens is 354 g/mol. The van der Waals surface area contributed by atoms with Crippen LogP contribution in [0.25, 0.3) is 0 Å². The predicted octanol–water partition coefficient (Wildman–Crippen LogP) is 2.38. The van der Waals surface area contributed by atoms with Gasteiger partial charge in [0.1, 0.15) is 11.4 Å². The number of amides is 2. The highest BCUT2D eigenvalue weighted by molar-refractivity contribution is 7.14.